The molecule has 0 bridgehead atoms. The Kier molecular flexibility index (Phi) is 2.61. The van der Waals surface area contributed by atoms with Gasteiger partial charge in [0.15, 0.2) is 0 Å². The van der Waals surface area contributed by atoms with Crippen LogP contribution in [0.3, 0.4) is 0 Å². The molecule has 0 aromatic carbocycles. The van der Waals surface area contributed by atoms with Gasteiger partial charge in [-0.3, -0.25) is 4.90 Å². The molecule has 1 aliphatic carbocycles. The van der Waals surface area contributed by atoms with E-state index < -0.39 is 0 Å². The van der Waals surface area contributed by atoms with Crippen LogP contribution >= 0.6 is 0 Å². The summed E-state index contributed by atoms with van der Waals surface area (Å²) in [5.41, 5.74) is 6.18. The van der Waals surface area contributed by atoms with E-state index in [0.29, 0.717) is 5.54 Å². The van der Waals surface area contributed by atoms with Crippen LogP contribution < -0.4 is 5.73 Å². The molecule has 1 saturated heterocycles. The summed E-state index contributed by atoms with van der Waals surface area (Å²) >= 11 is 0. The zero-order chi connectivity index (χ0) is 10.3. The van der Waals surface area contributed by atoms with Crippen LogP contribution in [0.2, 0.25) is 0 Å². The second-order valence-corrected chi connectivity index (χ2v) is 6.07. The van der Waals surface area contributed by atoms with E-state index in [1.165, 1.54) is 25.9 Å². The molecule has 0 aromatic heterocycles. The normalized spacial score (nSPS) is 39.0. The van der Waals surface area contributed by atoms with Gasteiger partial charge in [0, 0.05) is 18.6 Å². The van der Waals surface area contributed by atoms with E-state index in [2.05, 4.69) is 25.7 Å². The number of rotatable bonds is 1. The first-order valence-corrected chi connectivity index (χ1v) is 5.97. The Labute approximate surface area is 87.8 Å². The number of nitrogens with two attached hydrogens (primary N) is 1. The number of fused-ring (bicyclic) bond motifs is 1. The van der Waals surface area contributed by atoms with Gasteiger partial charge in [0.1, 0.15) is 0 Å². The summed E-state index contributed by atoms with van der Waals surface area (Å²) in [5.74, 6) is 2.66. The Morgan fingerprint density at radius 1 is 1.21 bits per heavy atom. The van der Waals surface area contributed by atoms with E-state index in [-0.39, 0.29) is 0 Å². The summed E-state index contributed by atoms with van der Waals surface area (Å²) in [5, 5.41) is 0. The van der Waals surface area contributed by atoms with Crippen molar-refractivity contribution in [2.24, 2.45) is 23.5 Å². The van der Waals surface area contributed by atoms with Crippen LogP contribution in [0.25, 0.3) is 0 Å². The predicted octanol–water partition coefficient (Wildman–Crippen LogP) is 1.70. The molecule has 0 aromatic rings. The van der Waals surface area contributed by atoms with Crippen LogP contribution in [-0.2, 0) is 0 Å². The van der Waals surface area contributed by atoms with E-state index in [0.717, 1.165) is 24.3 Å². The third-order valence-electron chi connectivity index (χ3n) is 4.26. The van der Waals surface area contributed by atoms with Gasteiger partial charge in [-0.15, -0.1) is 0 Å². The lowest BCUT2D eigenvalue weighted by Crippen LogP contribution is -2.40. The summed E-state index contributed by atoms with van der Waals surface area (Å²) in [6.45, 7) is 10.5. The van der Waals surface area contributed by atoms with Gasteiger partial charge in [0.2, 0.25) is 0 Å². The van der Waals surface area contributed by atoms with Gasteiger partial charge in [-0.25, -0.2) is 0 Å². The van der Waals surface area contributed by atoms with Crippen molar-refractivity contribution in [3.05, 3.63) is 0 Å². The summed E-state index contributed by atoms with van der Waals surface area (Å²) in [6.07, 6.45) is 2.79. The topological polar surface area (TPSA) is 29.3 Å². The number of nitrogens with zero attached hydrogens (tertiary/aromatic N) is 1. The van der Waals surface area contributed by atoms with Crippen LogP contribution in [0.4, 0.5) is 0 Å². The molecule has 1 aliphatic heterocycles. The second-order valence-electron chi connectivity index (χ2n) is 6.07. The van der Waals surface area contributed by atoms with E-state index in [1.807, 2.05) is 0 Å². The van der Waals surface area contributed by atoms with Gasteiger partial charge in [0.05, 0.1) is 0 Å². The zero-order valence-electron chi connectivity index (χ0n) is 9.79. The first-order valence-electron chi connectivity index (χ1n) is 5.97. The van der Waals surface area contributed by atoms with Gasteiger partial charge >= 0.3 is 0 Å². The fourth-order valence-electron chi connectivity index (χ4n) is 3.22. The molecule has 0 radical (unpaired) electrons. The summed E-state index contributed by atoms with van der Waals surface area (Å²) in [6, 6.07) is 0. The van der Waals surface area contributed by atoms with Crippen molar-refractivity contribution in [3.8, 4) is 0 Å². The van der Waals surface area contributed by atoms with Crippen molar-refractivity contribution in [2.75, 3.05) is 19.6 Å². The number of likely N-dealkylation sites (tertiary alicyclic amines) is 1. The fraction of sp³-hybridized carbons (Fsp3) is 1.00. The molecule has 14 heavy (non-hydrogen) atoms. The van der Waals surface area contributed by atoms with Crippen molar-refractivity contribution < 1.29 is 0 Å². The summed E-state index contributed by atoms with van der Waals surface area (Å²) in [4.78, 5) is 2.64. The van der Waals surface area contributed by atoms with Gasteiger partial charge in [-0.1, -0.05) is 0 Å². The molecule has 1 heterocycles. The largest absolute Gasteiger partial charge is 0.330 e. The van der Waals surface area contributed by atoms with Crippen LogP contribution in [-0.4, -0.2) is 30.1 Å². The molecule has 2 nitrogen and oxygen atoms in total. The Morgan fingerprint density at radius 3 is 2.50 bits per heavy atom. The molecule has 82 valence electrons. The van der Waals surface area contributed by atoms with Crippen molar-refractivity contribution in [2.45, 2.75) is 39.2 Å². The second kappa shape index (κ2) is 3.49. The lowest BCUT2D eigenvalue weighted by atomic mass is 9.92. The maximum absolute atomic E-state index is 5.83. The highest BCUT2D eigenvalue weighted by molar-refractivity contribution is 4.96. The smallest absolute Gasteiger partial charge is 0.0125 e. The highest BCUT2D eigenvalue weighted by Crippen LogP contribution is 2.43. The Balaban J connectivity index is 2.01. The lowest BCUT2D eigenvalue weighted by Gasteiger charge is -2.32. The quantitative estimate of drug-likeness (QED) is 0.691. The minimum atomic E-state index is 0.351. The zero-order valence-corrected chi connectivity index (χ0v) is 9.79. The van der Waals surface area contributed by atoms with Crippen molar-refractivity contribution in [1.82, 2.24) is 4.90 Å². The van der Waals surface area contributed by atoms with Gasteiger partial charge < -0.3 is 5.73 Å². The number of hydrogen-bond acceptors (Lipinski definition) is 2. The van der Waals surface area contributed by atoms with E-state index in [9.17, 15) is 0 Å². The Bertz CT molecular complexity index is 207. The van der Waals surface area contributed by atoms with Gasteiger partial charge in [0.25, 0.3) is 0 Å². The van der Waals surface area contributed by atoms with Crippen LogP contribution in [0.1, 0.15) is 33.6 Å². The Hall–Kier alpha value is -0.0800. The highest BCUT2D eigenvalue weighted by atomic mass is 15.2. The predicted molar refractivity (Wildman–Crippen MR) is 60.1 cm³/mol. The minimum Gasteiger partial charge on any atom is -0.330 e. The molecule has 0 amide bonds. The summed E-state index contributed by atoms with van der Waals surface area (Å²) < 4.78 is 0. The molecule has 2 fully saturated rings. The van der Waals surface area contributed by atoms with Crippen molar-refractivity contribution >= 4 is 0 Å². The third-order valence-corrected chi connectivity index (χ3v) is 4.26. The molecule has 3 unspecified atom stereocenters. The van der Waals surface area contributed by atoms with Gasteiger partial charge in [-0.2, -0.15) is 0 Å². The van der Waals surface area contributed by atoms with Crippen LogP contribution in [0.5, 0.6) is 0 Å². The first-order chi connectivity index (χ1) is 6.52. The molecule has 1 saturated carbocycles. The molecule has 3 atom stereocenters. The SMILES string of the molecule is CC(C)(C)N1CC2CCC(CN)C2C1. The van der Waals surface area contributed by atoms with Gasteiger partial charge in [-0.05, 0) is 57.9 Å². The standard InChI is InChI=1S/C12H24N2/c1-12(2,3)14-7-10-5-4-9(6-13)11(10)8-14/h9-11H,4-8,13H2,1-3H3. The van der Waals surface area contributed by atoms with Crippen LogP contribution in [0.15, 0.2) is 0 Å². The third kappa shape index (κ3) is 1.70. The summed E-state index contributed by atoms with van der Waals surface area (Å²) in [7, 11) is 0. The average molecular weight is 196 g/mol. The maximum Gasteiger partial charge on any atom is 0.0125 e. The number of hydrogen-bond donors (Lipinski definition) is 1. The highest BCUT2D eigenvalue weighted by Gasteiger charge is 2.44. The molecule has 2 heteroatoms. The molecule has 2 rings (SSSR count). The van der Waals surface area contributed by atoms with Crippen molar-refractivity contribution in [1.29, 1.82) is 0 Å². The van der Waals surface area contributed by atoms with Crippen LogP contribution in [0, 0.1) is 17.8 Å². The lowest BCUT2D eigenvalue weighted by molar-refractivity contribution is 0.155. The molecule has 2 aliphatic rings. The molecule has 2 N–H and O–H groups in total. The van der Waals surface area contributed by atoms with E-state index in [4.69, 9.17) is 5.73 Å². The van der Waals surface area contributed by atoms with E-state index >= 15 is 0 Å². The molecular weight excluding hydrogens is 172 g/mol. The fourth-order valence-corrected chi connectivity index (χ4v) is 3.22. The molecular formula is C12H24N2. The van der Waals surface area contributed by atoms with Crippen molar-refractivity contribution in [3.63, 3.8) is 0 Å². The minimum absolute atomic E-state index is 0.351. The molecule has 0 spiro atoms. The maximum atomic E-state index is 5.83. The van der Waals surface area contributed by atoms with E-state index in [1.54, 1.807) is 0 Å². The average Bonchev–Trinajstić information content (AvgIpc) is 2.58. The first kappa shape index (κ1) is 10.4. The monoisotopic (exact) mass is 196 g/mol. The Morgan fingerprint density at radius 2 is 1.93 bits per heavy atom.